The van der Waals surface area contributed by atoms with Gasteiger partial charge in [-0.05, 0) is 55.4 Å². The third kappa shape index (κ3) is 11.0. The quantitative estimate of drug-likeness (QED) is 0.0953. The van der Waals surface area contributed by atoms with Gasteiger partial charge in [-0.1, -0.05) is 48.5 Å². The summed E-state index contributed by atoms with van der Waals surface area (Å²) in [6.07, 6.45) is -1.36. The number of aliphatic hydroxyl groups excluding tert-OH is 2. The normalized spacial score (nSPS) is 20.7. The van der Waals surface area contributed by atoms with E-state index >= 15 is 0 Å². The van der Waals surface area contributed by atoms with E-state index in [1.165, 1.54) is 0 Å². The molecule has 1 aliphatic rings. The number of pyridine rings is 1. The van der Waals surface area contributed by atoms with Gasteiger partial charge in [-0.15, -0.1) is 0 Å². The van der Waals surface area contributed by atoms with Crippen LogP contribution in [-0.4, -0.2) is 88.3 Å². The lowest BCUT2D eigenvalue weighted by molar-refractivity contribution is -0.120. The van der Waals surface area contributed by atoms with Crippen molar-refractivity contribution >= 4 is 32.5 Å². The minimum Gasteiger partial charge on any atom is -0.396 e. The van der Waals surface area contributed by atoms with Crippen molar-refractivity contribution in [2.24, 2.45) is 0 Å². The van der Waals surface area contributed by atoms with E-state index in [9.17, 15) is 33.9 Å². The minimum absolute atomic E-state index is 0.000697. The van der Waals surface area contributed by atoms with Gasteiger partial charge in [0, 0.05) is 24.7 Å². The van der Waals surface area contributed by atoms with Gasteiger partial charge in [0.05, 0.1) is 37.9 Å². The summed E-state index contributed by atoms with van der Waals surface area (Å²) in [5, 5.41) is 23.4. The first-order valence-electron chi connectivity index (χ1n) is 15.3. The van der Waals surface area contributed by atoms with Crippen molar-refractivity contribution in [2.75, 3.05) is 33.0 Å². The molecule has 0 aliphatic carbocycles. The highest BCUT2D eigenvalue weighted by Gasteiger charge is 2.43. The van der Waals surface area contributed by atoms with Crippen molar-refractivity contribution in [2.45, 2.75) is 63.9 Å². The molecule has 2 heterocycles. The Bertz CT molecular complexity index is 1570. The van der Waals surface area contributed by atoms with Gasteiger partial charge in [0.2, 0.25) is 5.91 Å². The van der Waals surface area contributed by atoms with Crippen LogP contribution in [0.3, 0.4) is 0 Å². The summed E-state index contributed by atoms with van der Waals surface area (Å²) in [4.78, 5) is 37.5. The molecule has 0 saturated carbocycles. The highest BCUT2D eigenvalue weighted by molar-refractivity contribution is 7.47. The van der Waals surface area contributed by atoms with Crippen LogP contribution in [0.5, 0.6) is 0 Å². The smallest absolute Gasteiger partial charge is 0.396 e. The van der Waals surface area contributed by atoms with Crippen LogP contribution in [0, 0.1) is 0 Å². The lowest BCUT2D eigenvalue weighted by Gasteiger charge is -2.24. The molecule has 16 heteroatoms. The standard InChI is InChI=1S/C31H42N2O12P2/c1-21(2)44-47(39,40)43-20-27-31(26(35)19-41-27)45-46(37,38)42-16-7-6-14-32-28(36)17-24-18-33-30-23(13-15-34)11-8-12-25(30)29(24)22-9-4-3-5-10-22/h3-5,8-12,18,21,26-27,31,34-35H,6-7,13-17,19-20H2,1-2H3,(H,32,36)(H,37,38)(H,39,40)/t26-,27+,31-/m0/s1. The molecule has 1 aliphatic heterocycles. The van der Waals surface area contributed by atoms with Gasteiger partial charge in [0.15, 0.2) is 0 Å². The average molecular weight is 697 g/mol. The molecule has 1 aromatic heterocycles. The number of unbranched alkanes of at least 4 members (excludes halogenated alkanes) is 1. The zero-order chi connectivity index (χ0) is 34.0. The van der Waals surface area contributed by atoms with Crippen LogP contribution in [0.25, 0.3) is 22.0 Å². The number of amides is 1. The van der Waals surface area contributed by atoms with Gasteiger partial charge in [-0.25, -0.2) is 9.13 Å². The van der Waals surface area contributed by atoms with E-state index in [1.807, 2.05) is 48.5 Å². The maximum Gasteiger partial charge on any atom is 0.472 e. The average Bonchev–Trinajstić information content (AvgIpc) is 3.35. The fourth-order valence-electron chi connectivity index (χ4n) is 5.19. The molecule has 4 rings (SSSR count). The maximum atomic E-state index is 12.9. The monoisotopic (exact) mass is 696 g/mol. The molecule has 47 heavy (non-hydrogen) atoms. The number of nitrogens with zero attached hydrogens (tertiary/aromatic N) is 1. The number of fused-ring (bicyclic) bond motifs is 1. The van der Waals surface area contributed by atoms with Gasteiger partial charge < -0.3 is 30.1 Å². The number of hydrogen-bond acceptors (Lipinski definition) is 11. The number of phosphoric acid groups is 2. The van der Waals surface area contributed by atoms with Gasteiger partial charge in [0.1, 0.15) is 18.3 Å². The number of nitrogens with one attached hydrogen (secondary N) is 1. The van der Waals surface area contributed by atoms with E-state index in [4.69, 9.17) is 22.8 Å². The summed E-state index contributed by atoms with van der Waals surface area (Å²) in [7, 11) is -9.05. The number of carbonyl (C=O) groups excluding carboxylic acids is 1. The van der Waals surface area contributed by atoms with Gasteiger partial charge in [0.25, 0.3) is 0 Å². The number of aromatic nitrogens is 1. The Kier molecular flexibility index (Phi) is 13.6. The Morgan fingerprint density at radius 3 is 2.53 bits per heavy atom. The Morgan fingerprint density at radius 1 is 1.04 bits per heavy atom. The number of ether oxygens (including phenoxy) is 1. The van der Waals surface area contributed by atoms with E-state index in [2.05, 4.69) is 10.3 Å². The topological polar surface area (TPSA) is 203 Å². The van der Waals surface area contributed by atoms with Crippen LogP contribution < -0.4 is 5.32 Å². The second kappa shape index (κ2) is 17.2. The first kappa shape index (κ1) is 37.2. The highest BCUT2D eigenvalue weighted by atomic mass is 31.2. The van der Waals surface area contributed by atoms with Crippen molar-refractivity contribution in [1.29, 1.82) is 0 Å². The maximum absolute atomic E-state index is 12.9. The number of phosphoric ester groups is 2. The Morgan fingerprint density at radius 2 is 1.81 bits per heavy atom. The molecule has 1 saturated heterocycles. The van der Waals surface area contributed by atoms with Crippen molar-refractivity contribution in [3.05, 3.63) is 65.9 Å². The summed E-state index contributed by atoms with van der Waals surface area (Å²) in [6, 6.07) is 15.5. The highest BCUT2D eigenvalue weighted by Crippen LogP contribution is 2.48. The van der Waals surface area contributed by atoms with Gasteiger partial charge >= 0.3 is 15.6 Å². The molecular weight excluding hydrogens is 654 g/mol. The lowest BCUT2D eigenvalue weighted by Crippen LogP contribution is -2.35. The second-order valence-corrected chi connectivity index (χ2v) is 14.1. The molecule has 5 N–H and O–H groups in total. The number of benzene rings is 2. The van der Waals surface area contributed by atoms with Crippen LogP contribution >= 0.6 is 15.6 Å². The van der Waals surface area contributed by atoms with Crippen molar-refractivity contribution in [3.63, 3.8) is 0 Å². The predicted molar refractivity (Wildman–Crippen MR) is 172 cm³/mol. The fourth-order valence-corrected chi connectivity index (χ4v) is 7.12. The Labute approximate surface area is 273 Å². The number of hydrogen-bond donors (Lipinski definition) is 5. The van der Waals surface area contributed by atoms with E-state index in [0.29, 0.717) is 19.3 Å². The molecule has 1 fully saturated rings. The molecule has 258 valence electrons. The van der Waals surface area contributed by atoms with Crippen LogP contribution in [0.4, 0.5) is 0 Å². The summed E-state index contributed by atoms with van der Waals surface area (Å²) >= 11 is 0. The summed E-state index contributed by atoms with van der Waals surface area (Å²) in [6.45, 7) is 2.42. The largest absolute Gasteiger partial charge is 0.472 e. The molecule has 0 radical (unpaired) electrons. The first-order chi connectivity index (χ1) is 22.4. The fraction of sp³-hybridized carbons (Fsp3) is 0.484. The zero-order valence-corrected chi connectivity index (χ0v) is 28.1. The molecular formula is C31H42N2O12P2. The van der Waals surface area contributed by atoms with Crippen LogP contribution in [0.1, 0.15) is 37.8 Å². The summed E-state index contributed by atoms with van der Waals surface area (Å²) in [5.74, 6) is -0.221. The molecule has 0 spiro atoms. The SMILES string of the molecule is CC(C)OP(=O)(O)OC[C@H]1OC[C@H](O)[C@@H]1OP(=O)(O)OCCCCNC(=O)Cc1cnc2c(CCO)cccc2c1-c1ccccc1. The van der Waals surface area contributed by atoms with Crippen LogP contribution in [-0.2, 0) is 49.6 Å². The van der Waals surface area contributed by atoms with Crippen molar-refractivity contribution in [3.8, 4) is 11.1 Å². The summed E-state index contributed by atoms with van der Waals surface area (Å²) < 4.78 is 49.6. The van der Waals surface area contributed by atoms with Gasteiger partial charge in [-0.3, -0.25) is 27.9 Å². The molecule has 2 aromatic carbocycles. The Hall–Kier alpha value is -2.58. The predicted octanol–water partition coefficient (Wildman–Crippen LogP) is 3.68. The van der Waals surface area contributed by atoms with Crippen molar-refractivity contribution < 1.29 is 56.8 Å². The number of rotatable bonds is 18. The first-order valence-corrected chi connectivity index (χ1v) is 18.3. The minimum atomic E-state index is -4.65. The Balaban J connectivity index is 1.26. The van der Waals surface area contributed by atoms with Gasteiger partial charge in [-0.2, -0.15) is 0 Å². The molecule has 5 atom stereocenters. The lowest BCUT2D eigenvalue weighted by atomic mass is 9.93. The zero-order valence-electron chi connectivity index (χ0n) is 26.3. The number of para-hydroxylation sites is 1. The third-order valence-corrected chi connectivity index (χ3v) is 9.41. The number of aliphatic hydroxyl groups is 2. The second-order valence-electron chi connectivity index (χ2n) is 11.3. The van der Waals surface area contributed by atoms with Crippen molar-refractivity contribution in [1.82, 2.24) is 10.3 Å². The molecule has 0 bridgehead atoms. The molecule has 1 amide bonds. The van der Waals surface area contributed by atoms with Crippen LogP contribution in [0.15, 0.2) is 54.7 Å². The van der Waals surface area contributed by atoms with Crippen LogP contribution in [0.2, 0.25) is 0 Å². The van der Waals surface area contributed by atoms with E-state index in [-0.39, 0.29) is 38.7 Å². The molecule has 14 nitrogen and oxygen atoms in total. The summed E-state index contributed by atoms with van der Waals surface area (Å²) in [5.41, 5.74) is 4.30. The molecule has 2 unspecified atom stereocenters. The van der Waals surface area contributed by atoms with E-state index < -0.39 is 46.7 Å². The molecule has 3 aromatic rings. The van der Waals surface area contributed by atoms with E-state index in [1.54, 1.807) is 20.0 Å². The van der Waals surface area contributed by atoms with E-state index in [0.717, 1.165) is 33.2 Å². The number of carbonyl (C=O) groups is 1. The third-order valence-electron chi connectivity index (χ3n) is 7.23.